The quantitative estimate of drug-likeness (QED) is 0.400. The van der Waals surface area contributed by atoms with Gasteiger partial charge in [0.05, 0.1) is 13.2 Å². The summed E-state index contributed by atoms with van der Waals surface area (Å²) >= 11 is 1.80. The van der Waals surface area contributed by atoms with E-state index in [4.69, 9.17) is 5.11 Å². The van der Waals surface area contributed by atoms with Gasteiger partial charge in [-0.25, -0.2) is 4.99 Å². The van der Waals surface area contributed by atoms with E-state index < -0.39 is 0 Å². The first-order chi connectivity index (χ1) is 8.30. The van der Waals surface area contributed by atoms with Gasteiger partial charge < -0.3 is 15.7 Å². The van der Waals surface area contributed by atoms with E-state index in [0.717, 1.165) is 18.9 Å². The Labute approximate surface area is 130 Å². The Balaban J connectivity index is 0.00000289. The predicted octanol–water partition coefficient (Wildman–Crippen LogP) is 1.98. The second-order valence-corrected chi connectivity index (χ2v) is 4.82. The number of hydrogen-bond acceptors (Lipinski definition) is 3. The monoisotopic (exact) mass is 383 g/mol. The highest BCUT2D eigenvalue weighted by atomic mass is 127. The maximum absolute atomic E-state index is 8.76. The number of halogens is 1. The molecule has 3 N–H and O–H groups in total. The van der Waals surface area contributed by atoms with Crippen molar-refractivity contribution in [2.24, 2.45) is 4.99 Å². The highest BCUT2D eigenvalue weighted by molar-refractivity contribution is 14.0. The number of hydrogen-bond donors (Lipinski definition) is 3. The number of guanidine groups is 1. The molecule has 0 atom stereocenters. The van der Waals surface area contributed by atoms with Crippen molar-refractivity contribution in [1.82, 2.24) is 10.6 Å². The van der Waals surface area contributed by atoms with Crippen LogP contribution in [-0.2, 0) is 13.0 Å². The van der Waals surface area contributed by atoms with Crippen LogP contribution in [0.15, 0.2) is 17.1 Å². The van der Waals surface area contributed by atoms with E-state index >= 15 is 0 Å². The summed E-state index contributed by atoms with van der Waals surface area (Å²) in [5.74, 6) is 0.757. The molecule has 4 nitrogen and oxygen atoms in total. The van der Waals surface area contributed by atoms with E-state index in [1.807, 2.05) is 6.92 Å². The number of aliphatic imine (C=N–C) groups is 1. The highest BCUT2D eigenvalue weighted by Gasteiger charge is 1.99. The Morgan fingerprint density at radius 2 is 2.00 bits per heavy atom. The third-order valence-corrected chi connectivity index (χ3v) is 3.42. The third kappa shape index (κ3) is 6.55. The topological polar surface area (TPSA) is 56.7 Å². The molecule has 0 fully saturated rings. The number of aliphatic hydroxyl groups excluding tert-OH is 1. The maximum Gasteiger partial charge on any atom is 0.191 e. The molecule has 0 saturated heterocycles. The van der Waals surface area contributed by atoms with Crippen molar-refractivity contribution >= 4 is 41.3 Å². The zero-order chi connectivity index (χ0) is 12.5. The number of nitrogens with zero attached hydrogens (tertiary/aromatic N) is 1. The summed E-state index contributed by atoms with van der Waals surface area (Å²) in [6.07, 6.45) is 1.08. The van der Waals surface area contributed by atoms with Crippen LogP contribution in [-0.4, -0.2) is 30.8 Å². The average Bonchev–Trinajstić information content (AvgIpc) is 2.80. The number of aliphatic hydroxyl groups is 1. The van der Waals surface area contributed by atoms with E-state index in [-0.39, 0.29) is 30.6 Å². The van der Waals surface area contributed by atoms with E-state index in [0.29, 0.717) is 13.1 Å². The van der Waals surface area contributed by atoms with Crippen molar-refractivity contribution in [3.8, 4) is 0 Å². The van der Waals surface area contributed by atoms with Crippen LogP contribution in [0.5, 0.6) is 0 Å². The van der Waals surface area contributed by atoms with E-state index in [1.54, 1.807) is 11.3 Å². The molecule has 104 valence electrons. The summed E-state index contributed by atoms with van der Waals surface area (Å²) in [6.45, 7) is 6.33. The summed E-state index contributed by atoms with van der Waals surface area (Å²) in [6, 6.07) is 4.28. The standard InChI is InChI=1S/C12H21N3OS.HI/c1-3-10-5-6-11(17-10)9-15-12(13-4-2)14-7-8-16;/h5-6,16H,3-4,7-9H2,1-2H3,(H2,13,14,15);1H. The molecule has 0 spiro atoms. The van der Waals surface area contributed by atoms with E-state index in [1.165, 1.54) is 9.75 Å². The molecule has 0 unspecified atom stereocenters. The molecular weight excluding hydrogens is 361 g/mol. The number of rotatable bonds is 6. The summed E-state index contributed by atoms with van der Waals surface area (Å²) in [4.78, 5) is 7.12. The Bertz CT molecular complexity index is 355. The SMILES string of the molecule is CCNC(=NCc1ccc(CC)s1)NCCO.I. The molecule has 1 rings (SSSR count). The van der Waals surface area contributed by atoms with Gasteiger partial charge in [-0.3, -0.25) is 0 Å². The molecule has 0 bridgehead atoms. The molecule has 0 amide bonds. The first kappa shape index (κ1) is 17.7. The molecule has 0 saturated carbocycles. The molecule has 0 aliphatic rings. The van der Waals surface area contributed by atoms with Gasteiger partial charge in [-0.1, -0.05) is 6.92 Å². The molecule has 1 aromatic rings. The molecule has 0 aliphatic carbocycles. The minimum Gasteiger partial charge on any atom is -0.395 e. The van der Waals surface area contributed by atoms with Gasteiger partial charge in [0.25, 0.3) is 0 Å². The lowest BCUT2D eigenvalue weighted by atomic mass is 10.4. The van der Waals surface area contributed by atoms with E-state index in [2.05, 4.69) is 34.7 Å². The van der Waals surface area contributed by atoms with Crippen molar-refractivity contribution in [2.45, 2.75) is 26.8 Å². The zero-order valence-electron chi connectivity index (χ0n) is 10.9. The summed E-state index contributed by atoms with van der Waals surface area (Å²) in [5, 5.41) is 15.0. The fraction of sp³-hybridized carbons (Fsp3) is 0.583. The summed E-state index contributed by atoms with van der Waals surface area (Å²) in [7, 11) is 0. The van der Waals surface area contributed by atoms with Crippen LogP contribution in [0.2, 0.25) is 0 Å². The summed E-state index contributed by atoms with van der Waals surface area (Å²) in [5.41, 5.74) is 0. The largest absolute Gasteiger partial charge is 0.395 e. The average molecular weight is 383 g/mol. The Hall–Kier alpha value is -0.340. The van der Waals surface area contributed by atoms with Crippen LogP contribution in [0, 0.1) is 0 Å². The van der Waals surface area contributed by atoms with Crippen molar-refractivity contribution in [3.63, 3.8) is 0 Å². The molecule has 1 aromatic heterocycles. The van der Waals surface area contributed by atoms with Crippen LogP contribution >= 0.6 is 35.3 Å². The fourth-order valence-corrected chi connectivity index (χ4v) is 2.25. The lowest BCUT2D eigenvalue weighted by molar-refractivity contribution is 0.300. The van der Waals surface area contributed by atoms with Gasteiger partial charge >= 0.3 is 0 Å². The lowest BCUT2D eigenvalue weighted by Gasteiger charge is -2.09. The third-order valence-electron chi connectivity index (χ3n) is 2.21. The molecule has 18 heavy (non-hydrogen) atoms. The van der Waals surface area contributed by atoms with Crippen molar-refractivity contribution in [1.29, 1.82) is 0 Å². The smallest absolute Gasteiger partial charge is 0.191 e. The van der Waals surface area contributed by atoms with Crippen LogP contribution < -0.4 is 10.6 Å². The molecule has 0 radical (unpaired) electrons. The Kier molecular flexibility index (Phi) is 10.4. The predicted molar refractivity (Wildman–Crippen MR) is 89.0 cm³/mol. The zero-order valence-corrected chi connectivity index (χ0v) is 14.0. The van der Waals surface area contributed by atoms with Gasteiger partial charge in [0.1, 0.15) is 0 Å². The van der Waals surface area contributed by atoms with Gasteiger partial charge in [0.15, 0.2) is 5.96 Å². The summed E-state index contributed by atoms with van der Waals surface area (Å²) < 4.78 is 0. The van der Waals surface area contributed by atoms with Gasteiger partial charge in [-0.15, -0.1) is 35.3 Å². The van der Waals surface area contributed by atoms with Crippen LogP contribution in [0.25, 0.3) is 0 Å². The van der Waals surface area contributed by atoms with Gasteiger partial charge in [-0.05, 0) is 25.5 Å². The van der Waals surface area contributed by atoms with Crippen molar-refractivity contribution < 1.29 is 5.11 Å². The molecular formula is C12H22IN3OS. The van der Waals surface area contributed by atoms with Gasteiger partial charge in [0, 0.05) is 22.8 Å². The minimum absolute atomic E-state index is 0. The normalized spacial score (nSPS) is 10.9. The van der Waals surface area contributed by atoms with Gasteiger partial charge in [-0.2, -0.15) is 0 Å². The Morgan fingerprint density at radius 3 is 2.56 bits per heavy atom. The van der Waals surface area contributed by atoms with E-state index in [9.17, 15) is 0 Å². The number of nitrogens with one attached hydrogen (secondary N) is 2. The van der Waals surface area contributed by atoms with Crippen molar-refractivity contribution in [3.05, 3.63) is 21.9 Å². The second-order valence-electron chi connectivity index (χ2n) is 3.57. The van der Waals surface area contributed by atoms with Crippen LogP contribution in [0.1, 0.15) is 23.6 Å². The first-order valence-electron chi connectivity index (χ1n) is 6.00. The fourth-order valence-electron chi connectivity index (χ4n) is 1.37. The van der Waals surface area contributed by atoms with Crippen molar-refractivity contribution in [2.75, 3.05) is 19.7 Å². The molecule has 1 heterocycles. The number of thiophene rings is 1. The maximum atomic E-state index is 8.76. The second kappa shape index (κ2) is 10.6. The first-order valence-corrected chi connectivity index (χ1v) is 6.82. The lowest BCUT2D eigenvalue weighted by Crippen LogP contribution is -2.38. The number of aryl methyl sites for hydroxylation is 1. The highest BCUT2D eigenvalue weighted by Crippen LogP contribution is 2.17. The molecule has 6 heteroatoms. The van der Waals surface area contributed by atoms with Gasteiger partial charge in [0.2, 0.25) is 0 Å². The molecule has 0 aromatic carbocycles. The Morgan fingerprint density at radius 1 is 1.28 bits per heavy atom. The minimum atomic E-state index is 0. The molecule has 0 aliphatic heterocycles. The van der Waals surface area contributed by atoms with Crippen LogP contribution in [0.4, 0.5) is 0 Å². The van der Waals surface area contributed by atoms with Crippen LogP contribution in [0.3, 0.4) is 0 Å².